The molecule has 29 heavy (non-hydrogen) atoms. The van der Waals surface area contributed by atoms with Gasteiger partial charge in [-0.1, -0.05) is 13.8 Å². The fourth-order valence-corrected chi connectivity index (χ4v) is 2.52. The summed E-state index contributed by atoms with van der Waals surface area (Å²) in [6, 6.07) is -4.40. The fourth-order valence-electron chi connectivity index (χ4n) is 2.36. The number of aliphatic carboxylic acids is 1. The molecule has 11 nitrogen and oxygen atoms in total. The number of aliphatic hydroxyl groups is 1. The lowest BCUT2D eigenvalue weighted by molar-refractivity contribution is -0.143. The first-order valence-corrected chi connectivity index (χ1v) is 10.0. The SMILES string of the molecule is CC(C)C(NC(=O)C(N)CS)C(=O)NC(CCCCN)C(=O)NC(CO)C(=O)O. The van der Waals surface area contributed by atoms with Gasteiger partial charge in [0.05, 0.1) is 12.6 Å². The highest BCUT2D eigenvalue weighted by molar-refractivity contribution is 7.80. The van der Waals surface area contributed by atoms with Crippen molar-refractivity contribution in [1.82, 2.24) is 16.0 Å². The summed E-state index contributed by atoms with van der Waals surface area (Å²) in [5.41, 5.74) is 11.1. The van der Waals surface area contributed by atoms with Gasteiger partial charge in [0.1, 0.15) is 18.1 Å². The summed E-state index contributed by atoms with van der Waals surface area (Å²) in [7, 11) is 0. The Balaban J connectivity index is 5.29. The van der Waals surface area contributed by atoms with Crippen LogP contribution in [0.1, 0.15) is 33.1 Å². The zero-order valence-corrected chi connectivity index (χ0v) is 17.7. The van der Waals surface area contributed by atoms with Crippen molar-refractivity contribution in [3.05, 3.63) is 0 Å². The van der Waals surface area contributed by atoms with Crippen LogP contribution in [0.25, 0.3) is 0 Å². The second-order valence-corrected chi connectivity index (χ2v) is 7.31. The van der Waals surface area contributed by atoms with Crippen molar-refractivity contribution < 1.29 is 29.4 Å². The van der Waals surface area contributed by atoms with E-state index in [4.69, 9.17) is 21.7 Å². The number of carboxylic acids is 1. The molecule has 0 bridgehead atoms. The van der Waals surface area contributed by atoms with Gasteiger partial charge in [-0.05, 0) is 31.7 Å². The Morgan fingerprint density at radius 3 is 2.00 bits per heavy atom. The molecule has 0 aromatic rings. The van der Waals surface area contributed by atoms with Gasteiger partial charge in [-0.2, -0.15) is 12.6 Å². The normalized spacial score (nSPS) is 15.1. The summed E-state index contributed by atoms with van der Waals surface area (Å²) < 4.78 is 0. The standard InChI is InChI=1S/C17H33N5O6S/c1-9(2)13(22-14(24)10(19)8-29)16(26)20-11(5-3-4-6-18)15(25)21-12(7-23)17(27)28/h9-13,23,29H,3-8,18-19H2,1-2H3,(H,20,26)(H,21,25)(H,22,24)(H,27,28). The molecular formula is C17H33N5O6S. The quantitative estimate of drug-likeness (QED) is 0.109. The van der Waals surface area contributed by atoms with E-state index in [0.717, 1.165) is 0 Å². The molecule has 0 saturated carbocycles. The number of aliphatic hydroxyl groups excluding tert-OH is 1. The first-order chi connectivity index (χ1) is 13.6. The maximum Gasteiger partial charge on any atom is 0.328 e. The van der Waals surface area contributed by atoms with Crippen LogP contribution in [0, 0.1) is 5.92 Å². The highest BCUT2D eigenvalue weighted by Crippen LogP contribution is 2.07. The first kappa shape index (κ1) is 27.1. The lowest BCUT2D eigenvalue weighted by Crippen LogP contribution is -2.58. The Hall–Kier alpha value is -1.89. The maximum atomic E-state index is 12.7. The van der Waals surface area contributed by atoms with Crippen LogP contribution in [0.4, 0.5) is 0 Å². The summed E-state index contributed by atoms with van der Waals surface area (Å²) in [5.74, 6) is -3.52. The predicted octanol–water partition coefficient (Wildman–Crippen LogP) is -2.44. The molecular weight excluding hydrogens is 402 g/mol. The van der Waals surface area contributed by atoms with Gasteiger partial charge in [0.25, 0.3) is 0 Å². The maximum absolute atomic E-state index is 12.7. The largest absolute Gasteiger partial charge is 0.480 e. The number of rotatable bonds is 14. The molecule has 3 amide bonds. The van der Waals surface area contributed by atoms with Crippen LogP contribution in [0.3, 0.4) is 0 Å². The fraction of sp³-hybridized carbons (Fsp3) is 0.765. The highest BCUT2D eigenvalue weighted by Gasteiger charge is 2.31. The molecule has 0 aliphatic rings. The van der Waals surface area contributed by atoms with Gasteiger partial charge in [-0.25, -0.2) is 4.79 Å². The van der Waals surface area contributed by atoms with Crippen molar-refractivity contribution in [2.45, 2.75) is 57.3 Å². The Kier molecular flexibility index (Phi) is 13.2. The van der Waals surface area contributed by atoms with Crippen LogP contribution in [-0.2, 0) is 19.2 Å². The van der Waals surface area contributed by atoms with Gasteiger partial charge in [0, 0.05) is 5.75 Å². The van der Waals surface area contributed by atoms with Crippen molar-refractivity contribution in [3.63, 3.8) is 0 Å². The Morgan fingerprint density at radius 1 is 0.966 bits per heavy atom. The number of amides is 3. The van der Waals surface area contributed by atoms with Gasteiger partial charge in [0.15, 0.2) is 0 Å². The van der Waals surface area contributed by atoms with Crippen LogP contribution in [-0.4, -0.2) is 77.0 Å². The molecule has 0 radical (unpaired) electrons. The van der Waals surface area contributed by atoms with E-state index in [1.165, 1.54) is 0 Å². The van der Waals surface area contributed by atoms with Gasteiger partial charge < -0.3 is 37.6 Å². The van der Waals surface area contributed by atoms with Crippen LogP contribution in [0.15, 0.2) is 0 Å². The molecule has 0 saturated heterocycles. The topological polar surface area (TPSA) is 197 Å². The molecule has 0 aliphatic heterocycles. The van der Waals surface area contributed by atoms with Gasteiger partial charge in [-0.3, -0.25) is 14.4 Å². The third-order valence-electron chi connectivity index (χ3n) is 4.16. The Labute approximate surface area is 175 Å². The second kappa shape index (κ2) is 14.1. The molecule has 12 heteroatoms. The predicted molar refractivity (Wildman–Crippen MR) is 110 cm³/mol. The highest BCUT2D eigenvalue weighted by atomic mass is 32.1. The number of carboxylic acid groups (broad SMARTS) is 1. The van der Waals surface area contributed by atoms with E-state index < -0.39 is 54.5 Å². The third-order valence-corrected chi connectivity index (χ3v) is 4.55. The zero-order valence-electron chi connectivity index (χ0n) is 16.8. The summed E-state index contributed by atoms with van der Waals surface area (Å²) in [4.78, 5) is 48.2. The number of carbonyl (C=O) groups is 4. The molecule has 0 aliphatic carbocycles. The Bertz CT molecular complexity index is 562. The molecule has 0 heterocycles. The summed E-state index contributed by atoms with van der Waals surface area (Å²) in [6.45, 7) is 3.03. The molecule has 0 spiro atoms. The van der Waals surface area contributed by atoms with Crippen molar-refractivity contribution in [3.8, 4) is 0 Å². The number of nitrogens with two attached hydrogens (primary N) is 2. The van der Waals surface area contributed by atoms with Crippen LogP contribution < -0.4 is 27.4 Å². The Morgan fingerprint density at radius 2 is 1.55 bits per heavy atom. The van der Waals surface area contributed by atoms with E-state index in [1.54, 1.807) is 13.8 Å². The van der Waals surface area contributed by atoms with Gasteiger partial charge >= 0.3 is 5.97 Å². The van der Waals surface area contributed by atoms with E-state index in [0.29, 0.717) is 19.4 Å². The average Bonchev–Trinajstić information content (AvgIpc) is 2.67. The van der Waals surface area contributed by atoms with E-state index in [2.05, 4.69) is 28.6 Å². The molecule has 0 rings (SSSR count). The number of carbonyl (C=O) groups excluding carboxylic acids is 3. The van der Waals surface area contributed by atoms with Crippen LogP contribution >= 0.6 is 12.6 Å². The minimum absolute atomic E-state index is 0.0973. The van der Waals surface area contributed by atoms with Crippen molar-refractivity contribution in [1.29, 1.82) is 0 Å². The number of unbranched alkanes of at least 4 members (excludes halogenated alkanes) is 1. The van der Waals surface area contributed by atoms with Crippen molar-refractivity contribution in [2.24, 2.45) is 17.4 Å². The zero-order chi connectivity index (χ0) is 22.6. The molecule has 9 N–H and O–H groups in total. The molecule has 0 aromatic carbocycles. The molecule has 168 valence electrons. The minimum atomic E-state index is -1.50. The van der Waals surface area contributed by atoms with Crippen molar-refractivity contribution in [2.75, 3.05) is 18.9 Å². The smallest absolute Gasteiger partial charge is 0.328 e. The second-order valence-electron chi connectivity index (χ2n) is 6.95. The minimum Gasteiger partial charge on any atom is -0.480 e. The lowest BCUT2D eigenvalue weighted by atomic mass is 10.0. The van der Waals surface area contributed by atoms with E-state index in [1.807, 2.05) is 0 Å². The summed E-state index contributed by atoms with van der Waals surface area (Å²) >= 11 is 3.95. The van der Waals surface area contributed by atoms with E-state index in [-0.39, 0.29) is 18.1 Å². The lowest BCUT2D eigenvalue weighted by Gasteiger charge is -2.26. The van der Waals surface area contributed by atoms with Crippen LogP contribution in [0.5, 0.6) is 0 Å². The summed E-state index contributed by atoms with van der Waals surface area (Å²) in [5, 5.41) is 25.4. The number of hydrogen-bond donors (Lipinski definition) is 8. The average molecular weight is 436 g/mol. The molecule has 0 aromatic heterocycles. The first-order valence-electron chi connectivity index (χ1n) is 9.40. The van der Waals surface area contributed by atoms with Gasteiger partial charge in [-0.15, -0.1) is 0 Å². The number of hydrogen-bond acceptors (Lipinski definition) is 8. The van der Waals surface area contributed by atoms with Crippen molar-refractivity contribution >= 4 is 36.3 Å². The van der Waals surface area contributed by atoms with E-state index in [9.17, 15) is 19.2 Å². The number of nitrogens with one attached hydrogen (secondary N) is 3. The molecule has 4 atom stereocenters. The third kappa shape index (κ3) is 9.92. The molecule has 4 unspecified atom stereocenters. The monoisotopic (exact) mass is 435 g/mol. The van der Waals surface area contributed by atoms with Crippen LogP contribution in [0.2, 0.25) is 0 Å². The van der Waals surface area contributed by atoms with E-state index >= 15 is 0 Å². The number of thiol groups is 1. The molecule has 0 fully saturated rings. The van der Waals surface area contributed by atoms with Gasteiger partial charge in [0.2, 0.25) is 17.7 Å². The summed E-state index contributed by atoms with van der Waals surface area (Å²) in [6.07, 6.45) is 1.32.